The number of nitrogens with two attached hydrogens (primary N) is 1. The lowest BCUT2D eigenvalue weighted by atomic mass is 9.69. The summed E-state index contributed by atoms with van der Waals surface area (Å²) < 4.78 is 4.96. The number of carbonyl (C=O) groups excluding carboxylic acids is 1. The summed E-state index contributed by atoms with van der Waals surface area (Å²) in [7, 11) is 1.56. The number of aryl methyl sites for hydroxylation is 1. The molecule has 0 spiro atoms. The molecule has 1 saturated carbocycles. The molecular weight excluding hydrogens is 312 g/mol. The predicted octanol–water partition coefficient (Wildman–Crippen LogP) is 2.71. The molecule has 4 nitrogen and oxygen atoms in total. The van der Waals surface area contributed by atoms with E-state index in [-0.39, 0.29) is 30.3 Å². The molecule has 1 atom stereocenters. The van der Waals surface area contributed by atoms with Crippen LogP contribution in [0, 0.1) is 6.92 Å². The standard InChI is InChI=1S/C18H28N2O2.ClH/c1-14-7-6-8-15(11-14)18(9-4-3-5-10-18)13-20-17(21)16(19)12-22-2;/h6-8,11,16H,3-5,9-10,12-13,19H2,1-2H3,(H,20,21);1H. The Bertz CT molecular complexity index is 502. The number of amides is 1. The van der Waals surface area contributed by atoms with Crippen molar-refractivity contribution in [1.29, 1.82) is 0 Å². The zero-order valence-corrected chi connectivity index (χ0v) is 15.0. The molecule has 5 heteroatoms. The number of rotatable bonds is 6. The topological polar surface area (TPSA) is 64.3 Å². The van der Waals surface area contributed by atoms with Crippen LogP contribution in [0.15, 0.2) is 24.3 Å². The summed E-state index contributed by atoms with van der Waals surface area (Å²) in [6, 6.07) is 8.08. The van der Waals surface area contributed by atoms with Gasteiger partial charge in [0.05, 0.1) is 6.61 Å². The molecule has 0 bridgehead atoms. The predicted molar refractivity (Wildman–Crippen MR) is 96.1 cm³/mol. The van der Waals surface area contributed by atoms with Crippen LogP contribution < -0.4 is 11.1 Å². The molecular formula is C18H29ClN2O2. The summed E-state index contributed by atoms with van der Waals surface area (Å²) in [4.78, 5) is 12.1. The number of ether oxygens (including phenoxy) is 1. The van der Waals surface area contributed by atoms with E-state index in [4.69, 9.17) is 10.5 Å². The van der Waals surface area contributed by atoms with Crippen LogP contribution in [0.3, 0.4) is 0 Å². The van der Waals surface area contributed by atoms with Gasteiger partial charge < -0.3 is 15.8 Å². The third kappa shape index (κ3) is 5.20. The van der Waals surface area contributed by atoms with Crippen LogP contribution in [0.1, 0.15) is 43.2 Å². The molecule has 1 fully saturated rings. The smallest absolute Gasteiger partial charge is 0.239 e. The number of nitrogens with one attached hydrogen (secondary N) is 1. The molecule has 1 unspecified atom stereocenters. The van der Waals surface area contributed by atoms with Crippen molar-refractivity contribution in [2.75, 3.05) is 20.3 Å². The van der Waals surface area contributed by atoms with Crippen molar-refractivity contribution in [2.45, 2.75) is 50.5 Å². The van der Waals surface area contributed by atoms with Gasteiger partial charge in [-0.05, 0) is 25.3 Å². The van der Waals surface area contributed by atoms with Gasteiger partial charge in [0.1, 0.15) is 6.04 Å². The van der Waals surface area contributed by atoms with Gasteiger partial charge in [0, 0.05) is 19.1 Å². The molecule has 1 aliphatic carbocycles. The number of carbonyl (C=O) groups is 1. The average Bonchev–Trinajstić information content (AvgIpc) is 2.53. The van der Waals surface area contributed by atoms with Crippen LogP contribution in [0.25, 0.3) is 0 Å². The Morgan fingerprint density at radius 1 is 1.35 bits per heavy atom. The Morgan fingerprint density at radius 2 is 2.04 bits per heavy atom. The number of hydrogen-bond donors (Lipinski definition) is 2. The third-order valence-electron chi connectivity index (χ3n) is 4.73. The van der Waals surface area contributed by atoms with Gasteiger partial charge in [-0.15, -0.1) is 12.4 Å². The monoisotopic (exact) mass is 340 g/mol. The van der Waals surface area contributed by atoms with Crippen LogP contribution in [0.2, 0.25) is 0 Å². The Balaban J connectivity index is 0.00000264. The zero-order valence-electron chi connectivity index (χ0n) is 14.1. The molecule has 0 aliphatic heterocycles. The summed E-state index contributed by atoms with van der Waals surface area (Å²) in [5, 5.41) is 3.05. The van der Waals surface area contributed by atoms with Crippen molar-refractivity contribution >= 4 is 18.3 Å². The zero-order chi connectivity index (χ0) is 16.0. The molecule has 1 aromatic carbocycles. The molecule has 130 valence electrons. The molecule has 1 aliphatic rings. The molecule has 0 saturated heterocycles. The van der Waals surface area contributed by atoms with Crippen LogP contribution in [0.4, 0.5) is 0 Å². The van der Waals surface area contributed by atoms with E-state index in [1.54, 1.807) is 7.11 Å². The maximum atomic E-state index is 12.1. The minimum atomic E-state index is -0.594. The highest BCUT2D eigenvalue weighted by atomic mass is 35.5. The average molecular weight is 341 g/mol. The highest BCUT2D eigenvalue weighted by molar-refractivity contribution is 5.85. The molecule has 23 heavy (non-hydrogen) atoms. The molecule has 0 aromatic heterocycles. The van der Waals surface area contributed by atoms with Crippen LogP contribution in [-0.4, -0.2) is 32.2 Å². The molecule has 1 aromatic rings. The maximum absolute atomic E-state index is 12.1. The largest absolute Gasteiger partial charge is 0.383 e. The second-order valence-electron chi connectivity index (χ2n) is 6.49. The molecule has 2 rings (SSSR count). The Morgan fingerprint density at radius 3 is 2.65 bits per heavy atom. The molecule has 1 amide bonds. The number of hydrogen-bond acceptors (Lipinski definition) is 3. The minimum Gasteiger partial charge on any atom is -0.383 e. The molecule has 0 heterocycles. The van der Waals surface area contributed by atoms with Crippen LogP contribution in [-0.2, 0) is 14.9 Å². The number of benzene rings is 1. The van der Waals surface area contributed by atoms with Crippen molar-refractivity contribution in [1.82, 2.24) is 5.32 Å². The van der Waals surface area contributed by atoms with E-state index in [2.05, 4.69) is 36.5 Å². The minimum absolute atomic E-state index is 0. The number of halogens is 1. The summed E-state index contributed by atoms with van der Waals surface area (Å²) >= 11 is 0. The Kier molecular flexibility index (Phi) is 8.03. The van der Waals surface area contributed by atoms with E-state index in [1.165, 1.54) is 30.4 Å². The highest BCUT2D eigenvalue weighted by Crippen LogP contribution is 2.39. The van der Waals surface area contributed by atoms with Crippen LogP contribution in [0.5, 0.6) is 0 Å². The lowest BCUT2D eigenvalue weighted by Crippen LogP contribution is -2.49. The van der Waals surface area contributed by atoms with E-state index < -0.39 is 6.04 Å². The van der Waals surface area contributed by atoms with Crippen molar-refractivity contribution < 1.29 is 9.53 Å². The van der Waals surface area contributed by atoms with Gasteiger partial charge in [-0.2, -0.15) is 0 Å². The summed E-state index contributed by atoms with van der Waals surface area (Å²) in [6.07, 6.45) is 5.96. The first kappa shape index (κ1) is 19.9. The fraction of sp³-hybridized carbons (Fsp3) is 0.611. The summed E-state index contributed by atoms with van der Waals surface area (Å²) in [5.41, 5.74) is 8.47. The maximum Gasteiger partial charge on any atom is 0.239 e. The third-order valence-corrected chi connectivity index (χ3v) is 4.73. The Hall–Kier alpha value is -1.10. The van der Waals surface area contributed by atoms with Crippen molar-refractivity contribution in [3.63, 3.8) is 0 Å². The first-order valence-electron chi connectivity index (χ1n) is 8.17. The van der Waals surface area contributed by atoms with Crippen molar-refractivity contribution in [3.05, 3.63) is 35.4 Å². The van der Waals surface area contributed by atoms with E-state index in [1.807, 2.05) is 0 Å². The summed E-state index contributed by atoms with van der Waals surface area (Å²) in [6.45, 7) is 3.03. The SMILES string of the molecule is COCC(N)C(=O)NCC1(c2cccc(C)c2)CCCCC1.Cl. The van der Waals surface area contributed by atoms with E-state index >= 15 is 0 Å². The first-order valence-corrected chi connectivity index (χ1v) is 8.17. The lowest BCUT2D eigenvalue weighted by Gasteiger charge is -2.38. The molecule has 3 N–H and O–H groups in total. The van der Waals surface area contributed by atoms with E-state index in [0.717, 1.165) is 12.8 Å². The fourth-order valence-corrected chi connectivity index (χ4v) is 3.41. The first-order chi connectivity index (χ1) is 10.6. The van der Waals surface area contributed by atoms with E-state index in [9.17, 15) is 4.79 Å². The van der Waals surface area contributed by atoms with Crippen molar-refractivity contribution in [3.8, 4) is 0 Å². The second-order valence-corrected chi connectivity index (χ2v) is 6.49. The van der Waals surface area contributed by atoms with Gasteiger partial charge in [-0.1, -0.05) is 49.1 Å². The Labute approximate surface area is 145 Å². The summed E-state index contributed by atoms with van der Waals surface area (Å²) in [5.74, 6) is -0.126. The quantitative estimate of drug-likeness (QED) is 0.836. The van der Waals surface area contributed by atoms with E-state index in [0.29, 0.717) is 6.54 Å². The number of methoxy groups -OCH3 is 1. The molecule has 0 radical (unpaired) electrons. The van der Waals surface area contributed by atoms with Gasteiger partial charge in [-0.3, -0.25) is 4.79 Å². The van der Waals surface area contributed by atoms with Gasteiger partial charge in [-0.25, -0.2) is 0 Å². The fourth-order valence-electron chi connectivity index (χ4n) is 3.41. The van der Waals surface area contributed by atoms with Gasteiger partial charge in [0.15, 0.2) is 0 Å². The van der Waals surface area contributed by atoms with Gasteiger partial charge in [0.25, 0.3) is 0 Å². The van der Waals surface area contributed by atoms with Gasteiger partial charge >= 0.3 is 0 Å². The highest BCUT2D eigenvalue weighted by Gasteiger charge is 2.34. The lowest BCUT2D eigenvalue weighted by molar-refractivity contribution is -0.123. The second kappa shape index (κ2) is 9.26. The normalized spacial score (nSPS) is 17.9. The van der Waals surface area contributed by atoms with Gasteiger partial charge in [0.2, 0.25) is 5.91 Å². The van der Waals surface area contributed by atoms with Crippen LogP contribution >= 0.6 is 12.4 Å². The van der Waals surface area contributed by atoms with Crippen molar-refractivity contribution in [2.24, 2.45) is 5.73 Å².